The second-order valence-electron chi connectivity index (χ2n) is 3.48. The molecule has 0 spiro atoms. The maximum Gasteiger partial charge on any atom is 0.302 e. The van der Waals surface area contributed by atoms with Crippen molar-refractivity contribution < 1.29 is 20.1 Å². The van der Waals surface area contributed by atoms with Crippen molar-refractivity contribution in [3.05, 3.63) is 0 Å². The highest BCUT2D eigenvalue weighted by Gasteiger charge is 1.89. The molecule has 0 atom stereocenters. The van der Waals surface area contributed by atoms with E-state index in [2.05, 4.69) is 13.8 Å². The number of esters is 1. The van der Waals surface area contributed by atoms with Crippen LogP contribution in [0.1, 0.15) is 59.3 Å². The quantitative estimate of drug-likeness (QED) is 0.543. The molecule has 0 aliphatic heterocycles. The van der Waals surface area contributed by atoms with Gasteiger partial charge in [0.25, 0.3) is 0 Å². The predicted octanol–water partition coefficient (Wildman–Crippen LogP) is 2.08. The Bertz CT molecular complexity index is 122. The van der Waals surface area contributed by atoms with E-state index in [0.29, 0.717) is 13.2 Å². The van der Waals surface area contributed by atoms with E-state index in [0.717, 1.165) is 25.7 Å². The monoisotopic (exact) mass is 236 g/mol. The average molecular weight is 236 g/mol. The lowest BCUT2D eigenvalue weighted by Gasteiger charge is -1.98. The molecule has 4 nitrogen and oxygen atoms in total. The third-order valence-corrected chi connectivity index (χ3v) is 1.81. The second-order valence-corrected chi connectivity index (χ2v) is 3.48. The summed E-state index contributed by atoms with van der Waals surface area (Å²) in [7, 11) is 0. The number of unbranched alkanes of at least 4 members (excludes halogenated alkanes) is 4. The predicted molar refractivity (Wildman–Crippen MR) is 66.4 cm³/mol. The molecule has 4 heteroatoms. The summed E-state index contributed by atoms with van der Waals surface area (Å²) in [6, 6.07) is 0. The fourth-order valence-corrected chi connectivity index (χ4v) is 0.930. The zero-order valence-corrected chi connectivity index (χ0v) is 10.9. The Morgan fingerprint density at radius 3 is 1.88 bits per heavy atom. The van der Waals surface area contributed by atoms with Crippen molar-refractivity contribution in [3.8, 4) is 0 Å². The highest BCUT2D eigenvalue weighted by atomic mass is 16.5. The van der Waals surface area contributed by atoms with Crippen molar-refractivity contribution >= 4 is 5.97 Å². The number of aliphatic hydroxyl groups is 1. The van der Waals surface area contributed by atoms with Gasteiger partial charge in [-0.25, -0.2) is 0 Å². The molecule has 0 saturated carbocycles. The third-order valence-electron chi connectivity index (χ3n) is 1.81. The number of rotatable bonds is 7. The number of hydrogen-bond acceptors (Lipinski definition) is 3. The van der Waals surface area contributed by atoms with E-state index in [1.807, 2.05) is 0 Å². The van der Waals surface area contributed by atoms with Gasteiger partial charge < -0.3 is 15.3 Å². The Hall–Kier alpha value is -0.610. The number of aliphatic hydroxyl groups excluding tert-OH is 1. The molecule has 0 saturated heterocycles. The van der Waals surface area contributed by atoms with Crippen LogP contribution in [0.4, 0.5) is 0 Å². The summed E-state index contributed by atoms with van der Waals surface area (Å²) in [5.74, 6) is -0.175. The Balaban J connectivity index is -0.000000214. The molecule has 0 aliphatic carbocycles. The second kappa shape index (κ2) is 19.9. The molecule has 0 aromatic carbocycles. The molecule has 16 heavy (non-hydrogen) atoms. The van der Waals surface area contributed by atoms with E-state index >= 15 is 0 Å². The van der Waals surface area contributed by atoms with E-state index in [1.54, 1.807) is 0 Å². The van der Waals surface area contributed by atoms with Gasteiger partial charge in [0, 0.05) is 13.5 Å². The van der Waals surface area contributed by atoms with Gasteiger partial charge in [0.1, 0.15) is 0 Å². The lowest BCUT2D eigenvalue weighted by Crippen LogP contribution is -1.99. The molecule has 3 N–H and O–H groups in total. The van der Waals surface area contributed by atoms with Gasteiger partial charge in [-0.1, -0.05) is 39.5 Å². The molecule has 0 heterocycles. The molecular weight excluding hydrogens is 208 g/mol. The van der Waals surface area contributed by atoms with Gasteiger partial charge in [0.2, 0.25) is 0 Å². The Morgan fingerprint density at radius 1 is 1.06 bits per heavy atom. The first-order valence-corrected chi connectivity index (χ1v) is 5.93. The standard InChI is InChI=1S/C7H14O2.C5H12O.H2O/c1-3-4-5-6-9-7(2)8;1-2-3-4-5-6;/h3-6H2,1-2H3;6H,2-5H2,1H3;1H2. The minimum Gasteiger partial charge on any atom is -0.466 e. The summed E-state index contributed by atoms with van der Waals surface area (Å²) >= 11 is 0. The molecule has 0 aromatic heterocycles. The van der Waals surface area contributed by atoms with Gasteiger partial charge in [0.15, 0.2) is 0 Å². The number of carbonyl (C=O) groups is 1. The van der Waals surface area contributed by atoms with Crippen LogP contribution in [-0.4, -0.2) is 29.8 Å². The molecule has 0 rings (SSSR count). The van der Waals surface area contributed by atoms with Crippen LogP contribution in [0.15, 0.2) is 0 Å². The maximum absolute atomic E-state index is 10.2. The maximum atomic E-state index is 10.2. The van der Waals surface area contributed by atoms with Crippen LogP contribution < -0.4 is 0 Å². The lowest BCUT2D eigenvalue weighted by molar-refractivity contribution is -0.141. The highest BCUT2D eigenvalue weighted by molar-refractivity contribution is 5.65. The zero-order chi connectivity index (χ0) is 11.9. The van der Waals surface area contributed by atoms with Crippen LogP contribution in [0, 0.1) is 0 Å². The molecule has 0 fully saturated rings. The number of hydrogen-bond donors (Lipinski definition) is 1. The third kappa shape index (κ3) is 29.2. The summed E-state index contributed by atoms with van der Waals surface area (Å²) < 4.78 is 4.70. The largest absolute Gasteiger partial charge is 0.466 e. The van der Waals surface area contributed by atoms with Gasteiger partial charge >= 0.3 is 5.97 Å². The highest BCUT2D eigenvalue weighted by Crippen LogP contribution is 1.93. The van der Waals surface area contributed by atoms with Gasteiger partial charge in [-0.15, -0.1) is 0 Å². The van der Waals surface area contributed by atoms with E-state index in [4.69, 9.17) is 9.84 Å². The Kier molecular flexibility index (Phi) is 25.8. The summed E-state index contributed by atoms with van der Waals surface area (Å²) in [4.78, 5) is 10.2. The molecule has 0 radical (unpaired) electrons. The van der Waals surface area contributed by atoms with Crippen molar-refractivity contribution in [2.75, 3.05) is 13.2 Å². The van der Waals surface area contributed by atoms with E-state index < -0.39 is 0 Å². The number of carbonyl (C=O) groups excluding carboxylic acids is 1. The van der Waals surface area contributed by atoms with E-state index in [-0.39, 0.29) is 11.4 Å². The molecule has 0 amide bonds. The van der Waals surface area contributed by atoms with Gasteiger partial charge in [-0.3, -0.25) is 4.79 Å². The van der Waals surface area contributed by atoms with Crippen LogP contribution in [0.3, 0.4) is 0 Å². The van der Waals surface area contributed by atoms with Crippen LogP contribution >= 0.6 is 0 Å². The van der Waals surface area contributed by atoms with Crippen molar-refractivity contribution in [2.45, 2.75) is 59.3 Å². The van der Waals surface area contributed by atoms with Crippen LogP contribution in [0.25, 0.3) is 0 Å². The topological polar surface area (TPSA) is 78.0 Å². The zero-order valence-electron chi connectivity index (χ0n) is 10.9. The SMILES string of the molecule is CCCCCO.CCCCCOC(C)=O.O. The molecule has 0 aromatic rings. The van der Waals surface area contributed by atoms with Crippen molar-refractivity contribution in [3.63, 3.8) is 0 Å². The van der Waals surface area contributed by atoms with Crippen molar-refractivity contribution in [2.24, 2.45) is 0 Å². The van der Waals surface area contributed by atoms with Gasteiger partial charge in [-0.2, -0.15) is 0 Å². The minimum atomic E-state index is -0.175. The van der Waals surface area contributed by atoms with Crippen LogP contribution in [0.5, 0.6) is 0 Å². The fraction of sp³-hybridized carbons (Fsp3) is 0.917. The Morgan fingerprint density at radius 2 is 1.56 bits per heavy atom. The minimum absolute atomic E-state index is 0. The van der Waals surface area contributed by atoms with Gasteiger partial charge in [0.05, 0.1) is 6.61 Å². The first kappa shape index (κ1) is 20.8. The average Bonchev–Trinajstić information content (AvgIpc) is 2.22. The molecule has 0 aliphatic rings. The van der Waals surface area contributed by atoms with E-state index in [1.165, 1.54) is 19.8 Å². The molecular formula is C12H28O4. The summed E-state index contributed by atoms with van der Waals surface area (Å²) in [6.07, 6.45) is 6.64. The molecule has 0 bridgehead atoms. The number of ether oxygens (including phenoxy) is 1. The van der Waals surface area contributed by atoms with Crippen LogP contribution in [0.2, 0.25) is 0 Å². The summed E-state index contributed by atoms with van der Waals surface area (Å²) in [5, 5.41) is 8.20. The van der Waals surface area contributed by atoms with Crippen molar-refractivity contribution in [1.29, 1.82) is 0 Å². The fourth-order valence-electron chi connectivity index (χ4n) is 0.930. The smallest absolute Gasteiger partial charge is 0.302 e. The van der Waals surface area contributed by atoms with E-state index in [9.17, 15) is 4.79 Å². The Labute approximate surface area is 99.3 Å². The first-order chi connectivity index (χ1) is 7.18. The van der Waals surface area contributed by atoms with Gasteiger partial charge in [-0.05, 0) is 12.8 Å². The molecule has 0 unspecified atom stereocenters. The normalized spacial score (nSPS) is 8.50. The first-order valence-electron chi connectivity index (χ1n) is 5.93. The summed E-state index contributed by atoms with van der Waals surface area (Å²) in [5.41, 5.74) is 0. The lowest BCUT2D eigenvalue weighted by atomic mass is 10.3. The van der Waals surface area contributed by atoms with Crippen molar-refractivity contribution in [1.82, 2.24) is 0 Å². The van der Waals surface area contributed by atoms with Crippen LogP contribution in [-0.2, 0) is 9.53 Å². The summed E-state index contributed by atoms with van der Waals surface area (Å²) in [6.45, 7) is 6.62. The molecule has 100 valence electrons.